The van der Waals surface area contributed by atoms with E-state index in [1.54, 1.807) is 11.3 Å². The monoisotopic (exact) mass is 341 g/mol. The molecule has 0 amide bonds. The van der Waals surface area contributed by atoms with Gasteiger partial charge in [0.2, 0.25) is 0 Å². The Morgan fingerprint density at radius 3 is 2.58 bits per heavy atom. The molecule has 5 heteroatoms. The summed E-state index contributed by atoms with van der Waals surface area (Å²) in [5.74, 6) is 0. The van der Waals surface area contributed by atoms with Crippen molar-refractivity contribution in [1.29, 1.82) is 0 Å². The summed E-state index contributed by atoms with van der Waals surface area (Å²) in [5, 5.41) is 22.5. The Hall–Kier alpha value is -0.750. The van der Waals surface area contributed by atoms with Gasteiger partial charge in [-0.3, -0.25) is 0 Å². The van der Waals surface area contributed by atoms with Gasteiger partial charge in [0.1, 0.15) is 0 Å². The third-order valence-electron chi connectivity index (χ3n) is 3.20. The highest BCUT2D eigenvalue weighted by Gasteiger charge is 2.32. The van der Waals surface area contributed by atoms with Gasteiger partial charge < -0.3 is 10.2 Å². The second kappa shape index (κ2) is 6.13. The van der Waals surface area contributed by atoms with Crippen LogP contribution in [-0.4, -0.2) is 28.4 Å². The van der Waals surface area contributed by atoms with Crippen LogP contribution in [0.1, 0.15) is 16.3 Å². The quantitative estimate of drug-likeness (QED) is 0.878. The smallest absolute Gasteiger partial charge is 0.0938 e. The molecule has 102 valence electrons. The molecule has 1 heterocycles. The maximum absolute atomic E-state index is 9.79. The zero-order chi connectivity index (χ0) is 13.9. The van der Waals surface area contributed by atoms with Crippen molar-refractivity contribution in [2.24, 2.45) is 0 Å². The molecule has 0 aliphatic rings. The van der Waals surface area contributed by atoms with E-state index in [0.29, 0.717) is 6.42 Å². The highest BCUT2D eigenvalue weighted by molar-refractivity contribution is 9.10. The molecule has 3 nitrogen and oxygen atoms in total. The lowest BCUT2D eigenvalue weighted by atomic mass is 9.79. The largest absolute Gasteiger partial charge is 0.395 e. The number of thiazole rings is 1. The standard InChI is InChI=1S/C14H16BrNO2S/c1-10-7-19-13(16-10)6-14(8-17,9-18)11-3-2-4-12(15)5-11/h2-5,7,17-18H,6,8-9H2,1H3. The predicted octanol–water partition coefficient (Wildman–Crippen LogP) is 2.68. The highest BCUT2D eigenvalue weighted by atomic mass is 79.9. The van der Waals surface area contributed by atoms with Gasteiger partial charge in [-0.05, 0) is 24.6 Å². The molecule has 0 bridgehead atoms. The van der Waals surface area contributed by atoms with Gasteiger partial charge in [0.15, 0.2) is 0 Å². The maximum Gasteiger partial charge on any atom is 0.0938 e. The molecule has 0 unspecified atom stereocenters. The van der Waals surface area contributed by atoms with Gasteiger partial charge in [-0.15, -0.1) is 11.3 Å². The van der Waals surface area contributed by atoms with E-state index in [2.05, 4.69) is 20.9 Å². The first-order chi connectivity index (χ1) is 9.09. The highest BCUT2D eigenvalue weighted by Crippen LogP contribution is 2.30. The molecule has 0 spiro atoms. The van der Waals surface area contributed by atoms with Crippen LogP contribution in [-0.2, 0) is 11.8 Å². The van der Waals surface area contributed by atoms with Crippen LogP contribution in [0.15, 0.2) is 34.1 Å². The minimum absolute atomic E-state index is 0.113. The molecule has 0 fully saturated rings. The summed E-state index contributed by atoms with van der Waals surface area (Å²) in [5.41, 5.74) is 1.20. The van der Waals surface area contributed by atoms with Crippen molar-refractivity contribution in [2.75, 3.05) is 13.2 Å². The van der Waals surface area contributed by atoms with E-state index < -0.39 is 5.41 Å². The number of halogens is 1. The van der Waals surface area contributed by atoms with Gasteiger partial charge >= 0.3 is 0 Å². The summed E-state index contributed by atoms with van der Waals surface area (Å²) in [6.45, 7) is 1.72. The van der Waals surface area contributed by atoms with Crippen molar-refractivity contribution in [3.05, 3.63) is 50.4 Å². The number of hydrogen-bond acceptors (Lipinski definition) is 4. The van der Waals surface area contributed by atoms with Gasteiger partial charge in [0, 0.05) is 27.4 Å². The number of aromatic nitrogens is 1. The normalized spacial score (nSPS) is 11.8. The van der Waals surface area contributed by atoms with E-state index >= 15 is 0 Å². The van der Waals surface area contributed by atoms with Crippen LogP contribution in [0.3, 0.4) is 0 Å². The van der Waals surface area contributed by atoms with Crippen LogP contribution in [0.2, 0.25) is 0 Å². The second-order valence-corrected chi connectivity index (χ2v) is 6.52. The van der Waals surface area contributed by atoms with Crippen LogP contribution in [0.5, 0.6) is 0 Å². The molecular formula is C14H16BrNO2S. The predicted molar refractivity (Wildman–Crippen MR) is 80.5 cm³/mol. The second-order valence-electron chi connectivity index (χ2n) is 4.67. The molecule has 0 atom stereocenters. The summed E-state index contributed by atoms with van der Waals surface area (Å²) in [6.07, 6.45) is 0.537. The Balaban J connectivity index is 2.37. The molecule has 2 aromatic rings. The number of aryl methyl sites for hydroxylation is 1. The summed E-state index contributed by atoms with van der Waals surface area (Å²) < 4.78 is 0.937. The molecule has 1 aromatic heterocycles. The topological polar surface area (TPSA) is 53.4 Å². The fourth-order valence-corrected chi connectivity index (χ4v) is 3.35. The Morgan fingerprint density at radius 2 is 2.05 bits per heavy atom. The van der Waals surface area contributed by atoms with Crippen LogP contribution in [0, 0.1) is 6.92 Å². The van der Waals surface area contributed by atoms with Gasteiger partial charge in [0.05, 0.1) is 18.2 Å². The van der Waals surface area contributed by atoms with Gasteiger partial charge in [0.25, 0.3) is 0 Å². The number of nitrogens with zero attached hydrogens (tertiary/aromatic N) is 1. The molecule has 0 saturated heterocycles. The number of benzene rings is 1. The molecule has 0 saturated carbocycles. The Kier molecular flexibility index (Phi) is 4.73. The van der Waals surface area contributed by atoms with Crippen molar-refractivity contribution in [2.45, 2.75) is 18.8 Å². The molecule has 2 N–H and O–H groups in total. The molecule has 1 aromatic carbocycles. The van der Waals surface area contributed by atoms with Gasteiger partial charge in [-0.1, -0.05) is 28.1 Å². The Morgan fingerprint density at radius 1 is 1.32 bits per heavy atom. The third kappa shape index (κ3) is 3.23. The van der Waals surface area contributed by atoms with Crippen LogP contribution >= 0.6 is 27.3 Å². The molecule has 2 rings (SSSR count). The van der Waals surface area contributed by atoms with E-state index in [1.165, 1.54) is 0 Å². The van der Waals surface area contributed by atoms with Gasteiger partial charge in [-0.25, -0.2) is 4.98 Å². The van der Waals surface area contributed by atoms with Crippen molar-refractivity contribution >= 4 is 27.3 Å². The maximum atomic E-state index is 9.79. The van der Waals surface area contributed by atoms with Crippen LogP contribution < -0.4 is 0 Å². The summed E-state index contributed by atoms with van der Waals surface area (Å²) in [7, 11) is 0. The van der Waals surface area contributed by atoms with E-state index in [9.17, 15) is 10.2 Å². The first-order valence-electron chi connectivity index (χ1n) is 5.98. The molecular weight excluding hydrogens is 326 g/mol. The zero-order valence-corrected chi connectivity index (χ0v) is 13.0. The number of aliphatic hydroxyl groups is 2. The average Bonchev–Trinajstić information content (AvgIpc) is 2.81. The first-order valence-corrected chi connectivity index (χ1v) is 7.66. The van der Waals surface area contributed by atoms with Crippen molar-refractivity contribution < 1.29 is 10.2 Å². The minimum atomic E-state index is -0.686. The van der Waals surface area contributed by atoms with Crippen LogP contribution in [0.25, 0.3) is 0 Å². The lowest BCUT2D eigenvalue weighted by Crippen LogP contribution is -2.37. The Bertz CT molecular complexity index is 552. The molecule has 19 heavy (non-hydrogen) atoms. The Labute approximate surface area is 125 Å². The van der Waals surface area contributed by atoms with E-state index in [0.717, 1.165) is 20.7 Å². The average molecular weight is 342 g/mol. The van der Waals surface area contributed by atoms with Crippen LogP contribution in [0.4, 0.5) is 0 Å². The summed E-state index contributed by atoms with van der Waals surface area (Å²) in [6, 6.07) is 7.70. The van der Waals surface area contributed by atoms with E-state index in [-0.39, 0.29) is 13.2 Å². The van der Waals surface area contributed by atoms with Gasteiger partial charge in [-0.2, -0.15) is 0 Å². The SMILES string of the molecule is Cc1csc(CC(CO)(CO)c2cccc(Br)c2)n1. The lowest BCUT2D eigenvalue weighted by molar-refractivity contribution is 0.116. The van der Waals surface area contributed by atoms with Crippen molar-refractivity contribution in [3.63, 3.8) is 0 Å². The third-order valence-corrected chi connectivity index (χ3v) is 4.66. The number of hydrogen-bond donors (Lipinski definition) is 2. The van der Waals surface area contributed by atoms with E-state index in [4.69, 9.17) is 0 Å². The first kappa shape index (κ1) is 14.7. The van der Waals surface area contributed by atoms with Crippen molar-refractivity contribution in [3.8, 4) is 0 Å². The minimum Gasteiger partial charge on any atom is -0.395 e. The molecule has 0 aliphatic carbocycles. The number of aliphatic hydroxyl groups excluding tert-OH is 2. The molecule has 0 radical (unpaired) electrons. The number of rotatable bonds is 5. The fourth-order valence-electron chi connectivity index (χ4n) is 2.04. The summed E-state index contributed by atoms with van der Waals surface area (Å²) >= 11 is 4.99. The van der Waals surface area contributed by atoms with E-state index in [1.807, 2.05) is 36.6 Å². The zero-order valence-electron chi connectivity index (χ0n) is 10.6. The fraction of sp³-hybridized carbons (Fsp3) is 0.357. The van der Waals surface area contributed by atoms with Crippen molar-refractivity contribution in [1.82, 2.24) is 4.98 Å². The lowest BCUT2D eigenvalue weighted by Gasteiger charge is -2.29. The summed E-state index contributed by atoms with van der Waals surface area (Å²) in [4.78, 5) is 4.42. The molecule has 0 aliphatic heterocycles.